The van der Waals surface area contributed by atoms with Crippen molar-refractivity contribution in [2.45, 2.75) is 32.0 Å². The molecule has 0 saturated carbocycles. The van der Waals surface area contributed by atoms with Gasteiger partial charge in [0.25, 0.3) is 5.91 Å². The number of aliphatic hydroxyl groups excluding tert-OH is 1. The molecule has 0 bridgehead atoms. The lowest BCUT2D eigenvalue weighted by Crippen LogP contribution is -2.41. The smallest absolute Gasteiger partial charge is 0.261 e. The van der Waals surface area contributed by atoms with Crippen molar-refractivity contribution in [3.63, 3.8) is 0 Å². The minimum atomic E-state index is -0.543. The van der Waals surface area contributed by atoms with Gasteiger partial charge in [-0.25, -0.2) is 0 Å². The molecule has 0 aliphatic carbocycles. The highest BCUT2D eigenvalue weighted by Crippen LogP contribution is 2.37. The van der Waals surface area contributed by atoms with Gasteiger partial charge in [-0.05, 0) is 13.0 Å². The first-order valence-corrected chi connectivity index (χ1v) is 5.81. The average Bonchev–Trinajstić information content (AvgIpc) is 2.64. The summed E-state index contributed by atoms with van der Waals surface area (Å²) in [5.74, 6) is 0.645. The number of fused-ring (bicyclic) bond motifs is 1. The van der Waals surface area contributed by atoms with E-state index in [1.807, 2.05) is 31.2 Å². The molecule has 0 aromatic heterocycles. The normalized spacial score (nSPS) is 23.7. The molecule has 1 aromatic rings. The highest BCUT2D eigenvalue weighted by atomic mass is 16.5. The zero-order valence-electron chi connectivity index (χ0n) is 10.0. The van der Waals surface area contributed by atoms with E-state index in [4.69, 9.17) is 9.84 Å². The van der Waals surface area contributed by atoms with Gasteiger partial charge in [0.2, 0.25) is 0 Å². The number of carbonyl (C=O) groups is 1. The lowest BCUT2D eigenvalue weighted by Gasteiger charge is -2.15. The highest BCUT2D eigenvalue weighted by molar-refractivity contribution is 5.83. The minimum Gasteiger partial charge on any atom is -0.480 e. The summed E-state index contributed by atoms with van der Waals surface area (Å²) in [4.78, 5) is 11.9. The third-order valence-corrected chi connectivity index (χ3v) is 2.95. The maximum absolute atomic E-state index is 11.9. The van der Waals surface area contributed by atoms with Gasteiger partial charge in [-0.15, -0.1) is 0 Å². The second-order valence-electron chi connectivity index (χ2n) is 4.46. The fraction of sp³-hybridized carbons (Fsp3) is 0.462. The third-order valence-electron chi connectivity index (χ3n) is 2.95. The summed E-state index contributed by atoms with van der Waals surface area (Å²) in [7, 11) is 0. The molecule has 3 unspecified atom stereocenters. The summed E-state index contributed by atoms with van der Waals surface area (Å²) in [6.45, 7) is 3.86. The molecule has 1 amide bonds. The molecular formula is C13H17NO3. The molecule has 2 rings (SSSR count). The Morgan fingerprint density at radius 3 is 2.88 bits per heavy atom. The van der Waals surface area contributed by atoms with Crippen molar-refractivity contribution in [3.05, 3.63) is 29.8 Å². The second-order valence-corrected chi connectivity index (χ2v) is 4.46. The molecule has 2 N–H and O–H groups in total. The van der Waals surface area contributed by atoms with Gasteiger partial charge in [-0.3, -0.25) is 4.79 Å². The molecule has 0 spiro atoms. The molecule has 0 saturated heterocycles. The number of nitrogens with one attached hydrogen (secondary N) is 1. The van der Waals surface area contributed by atoms with E-state index in [1.54, 1.807) is 6.92 Å². The molecule has 17 heavy (non-hydrogen) atoms. The van der Waals surface area contributed by atoms with Gasteiger partial charge in [-0.2, -0.15) is 0 Å². The van der Waals surface area contributed by atoms with E-state index in [9.17, 15) is 4.79 Å². The minimum absolute atomic E-state index is 0.0419. The van der Waals surface area contributed by atoms with Gasteiger partial charge in [0, 0.05) is 18.0 Å². The summed E-state index contributed by atoms with van der Waals surface area (Å²) >= 11 is 0. The second kappa shape index (κ2) is 4.75. The number of para-hydroxylation sites is 1. The van der Waals surface area contributed by atoms with Crippen LogP contribution in [0.5, 0.6) is 5.75 Å². The Hall–Kier alpha value is -1.55. The van der Waals surface area contributed by atoms with Crippen LogP contribution in [0.2, 0.25) is 0 Å². The van der Waals surface area contributed by atoms with Crippen LogP contribution in [0.3, 0.4) is 0 Å². The van der Waals surface area contributed by atoms with Crippen molar-refractivity contribution in [2.75, 3.05) is 6.54 Å². The maximum Gasteiger partial charge on any atom is 0.261 e. The first-order valence-electron chi connectivity index (χ1n) is 5.81. The molecule has 0 radical (unpaired) electrons. The predicted octanol–water partition coefficient (Wildman–Crippen LogP) is 1.05. The fourth-order valence-electron chi connectivity index (χ4n) is 2.00. The molecule has 1 aliphatic heterocycles. The first kappa shape index (κ1) is 11.9. The van der Waals surface area contributed by atoms with Crippen molar-refractivity contribution in [3.8, 4) is 5.75 Å². The molecular weight excluding hydrogens is 218 g/mol. The number of aliphatic hydroxyl groups is 1. The van der Waals surface area contributed by atoms with E-state index in [-0.39, 0.29) is 18.4 Å². The molecule has 1 aliphatic rings. The van der Waals surface area contributed by atoms with E-state index in [0.29, 0.717) is 0 Å². The van der Waals surface area contributed by atoms with Crippen molar-refractivity contribution in [2.24, 2.45) is 0 Å². The number of amides is 1. The zero-order chi connectivity index (χ0) is 12.4. The predicted molar refractivity (Wildman–Crippen MR) is 64.0 cm³/mol. The molecule has 92 valence electrons. The van der Waals surface area contributed by atoms with Crippen LogP contribution in [-0.4, -0.2) is 29.8 Å². The SMILES string of the molecule is CC(O)CNC(=O)C1Oc2ccccc2C1C. The average molecular weight is 235 g/mol. The van der Waals surface area contributed by atoms with E-state index in [0.717, 1.165) is 11.3 Å². The first-order chi connectivity index (χ1) is 8.09. The van der Waals surface area contributed by atoms with Crippen LogP contribution in [0.15, 0.2) is 24.3 Å². The Morgan fingerprint density at radius 2 is 2.24 bits per heavy atom. The molecule has 1 heterocycles. The summed E-state index contributed by atoms with van der Waals surface area (Å²) in [5.41, 5.74) is 1.06. The van der Waals surface area contributed by atoms with Crippen LogP contribution in [0.1, 0.15) is 25.3 Å². The van der Waals surface area contributed by atoms with Gasteiger partial charge < -0.3 is 15.2 Å². The van der Waals surface area contributed by atoms with Crippen molar-refractivity contribution in [1.82, 2.24) is 5.32 Å². The van der Waals surface area contributed by atoms with E-state index >= 15 is 0 Å². The van der Waals surface area contributed by atoms with Crippen molar-refractivity contribution in [1.29, 1.82) is 0 Å². The summed E-state index contributed by atoms with van der Waals surface area (Å²) < 4.78 is 5.62. The monoisotopic (exact) mass is 235 g/mol. The Kier molecular flexibility index (Phi) is 3.33. The van der Waals surface area contributed by atoms with Crippen molar-refractivity contribution >= 4 is 5.91 Å². The van der Waals surface area contributed by atoms with Crippen LogP contribution >= 0.6 is 0 Å². The molecule has 1 aromatic carbocycles. The van der Waals surface area contributed by atoms with Crippen LogP contribution in [-0.2, 0) is 4.79 Å². The highest BCUT2D eigenvalue weighted by Gasteiger charge is 2.35. The van der Waals surface area contributed by atoms with E-state index < -0.39 is 12.2 Å². The summed E-state index contributed by atoms with van der Waals surface area (Å²) in [6.07, 6.45) is -1.04. The number of rotatable bonds is 3. The van der Waals surface area contributed by atoms with Crippen LogP contribution in [0, 0.1) is 0 Å². The van der Waals surface area contributed by atoms with Gasteiger partial charge in [-0.1, -0.05) is 25.1 Å². The van der Waals surface area contributed by atoms with Crippen molar-refractivity contribution < 1.29 is 14.6 Å². The maximum atomic E-state index is 11.9. The van der Waals surface area contributed by atoms with Crippen LogP contribution in [0.25, 0.3) is 0 Å². The molecule has 4 heteroatoms. The lowest BCUT2D eigenvalue weighted by molar-refractivity contribution is -0.128. The number of ether oxygens (including phenoxy) is 1. The van der Waals surface area contributed by atoms with Crippen LogP contribution in [0.4, 0.5) is 0 Å². The van der Waals surface area contributed by atoms with E-state index in [1.165, 1.54) is 0 Å². The number of hydrogen-bond donors (Lipinski definition) is 2. The lowest BCUT2D eigenvalue weighted by atomic mass is 9.97. The van der Waals surface area contributed by atoms with Gasteiger partial charge in [0.15, 0.2) is 6.10 Å². The van der Waals surface area contributed by atoms with Gasteiger partial charge >= 0.3 is 0 Å². The third kappa shape index (κ3) is 2.42. The summed E-state index contributed by atoms with van der Waals surface area (Å²) in [6, 6.07) is 7.67. The molecule has 0 fully saturated rings. The zero-order valence-corrected chi connectivity index (χ0v) is 10.0. The Bertz CT molecular complexity index is 417. The van der Waals surface area contributed by atoms with Gasteiger partial charge in [0.05, 0.1) is 6.10 Å². The molecule has 3 atom stereocenters. The number of benzene rings is 1. The van der Waals surface area contributed by atoms with Crippen LogP contribution < -0.4 is 10.1 Å². The largest absolute Gasteiger partial charge is 0.480 e. The van der Waals surface area contributed by atoms with Gasteiger partial charge in [0.1, 0.15) is 5.75 Å². The number of hydrogen-bond acceptors (Lipinski definition) is 3. The summed E-state index contributed by atoms with van der Waals surface area (Å²) in [5, 5.41) is 11.8. The molecule has 4 nitrogen and oxygen atoms in total. The Labute approximate surface area is 101 Å². The number of carbonyl (C=O) groups excluding carboxylic acids is 1. The Balaban J connectivity index is 2.04. The topological polar surface area (TPSA) is 58.6 Å². The fourth-order valence-corrected chi connectivity index (χ4v) is 2.00. The van der Waals surface area contributed by atoms with E-state index in [2.05, 4.69) is 5.32 Å². The quantitative estimate of drug-likeness (QED) is 0.823. The Morgan fingerprint density at radius 1 is 1.53 bits per heavy atom. The standard InChI is InChI=1S/C13H17NO3/c1-8(15)7-14-13(16)12-9(2)10-5-3-4-6-11(10)17-12/h3-6,8-9,12,15H,7H2,1-2H3,(H,14,16).